The quantitative estimate of drug-likeness (QED) is 0.801. The maximum atomic E-state index is 5.95. The molecule has 3 nitrogen and oxygen atoms in total. The molecule has 0 spiro atoms. The van der Waals surface area contributed by atoms with Crippen LogP contribution in [0.3, 0.4) is 0 Å². The van der Waals surface area contributed by atoms with Gasteiger partial charge in [0.05, 0.1) is 10.7 Å². The Kier molecular flexibility index (Phi) is 3.61. The maximum Gasteiger partial charge on any atom is 0.166 e. The van der Waals surface area contributed by atoms with E-state index in [1.165, 1.54) is 0 Å². The highest BCUT2D eigenvalue weighted by molar-refractivity contribution is 9.10. The van der Waals surface area contributed by atoms with Crippen molar-refractivity contribution in [1.82, 2.24) is 9.97 Å². The Balaban J connectivity index is 2.45. The van der Waals surface area contributed by atoms with E-state index in [0.717, 1.165) is 23.1 Å². The van der Waals surface area contributed by atoms with Crippen LogP contribution in [-0.4, -0.2) is 9.97 Å². The van der Waals surface area contributed by atoms with Crippen molar-refractivity contribution in [2.24, 2.45) is 0 Å². The fraction of sp³-hybridized carbons (Fsp3) is 0.273. The van der Waals surface area contributed by atoms with Crippen molar-refractivity contribution in [3.05, 3.63) is 33.8 Å². The summed E-state index contributed by atoms with van der Waals surface area (Å²) < 4.78 is 6.21. The highest BCUT2D eigenvalue weighted by Crippen LogP contribution is 2.28. The average Bonchev–Trinajstić information content (AvgIpc) is 2.64. The molecular weight excluding hydrogens is 291 g/mol. The Labute approximate surface area is 107 Å². The summed E-state index contributed by atoms with van der Waals surface area (Å²) in [6.45, 7) is 2.08. The van der Waals surface area contributed by atoms with E-state index in [4.69, 9.17) is 16.0 Å². The second kappa shape index (κ2) is 4.97. The largest absolute Gasteiger partial charge is 0.461 e. The first-order valence-corrected chi connectivity index (χ1v) is 6.14. The zero-order valence-corrected chi connectivity index (χ0v) is 11.0. The molecule has 0 saturated heterocycles. The van der Waals surface area contributed by atoms with Gasteiger partial charge in [-0.05, 0) is 28.4 Å². The van der Waals surface area contributed by atoms with Crippen LogP contribution in [0.1, 0.15) is 19.2 Å². The molecule has 0 aliphatic carbocycles. The molecule has 2 heterocycles. The van der Waals surface area contributed by atoms with E-state index in [9.17, 15) is 0 Å². The van der Waals surface area contributed by atoms with Gasteiger partial charge in [-0.15, -0.1) is 0 Å². The first-order chi connectivity index (χ1) is 7.70. The van der Waals surface area contributed by atoms with Gasteiger partial charge >= 0.3 is 0 Å². The SMILES string of the molecule is CCCc1nc(Cl)cc(-c2occc2Br)n1. The Morgan fingerprint density at radius 1 is 1.44 bits per heavy atom. The number of halogens is 2. The molecule has 0 unspecified atom stereocenters. The topological polar surface area (TPSA) is 38.9 Å². The standard InChI is InChI=1S/C11H10BrClN2O/c1-2-3-10-14-8(6-9(13)15-10)11-7(12)4-5-16-11/h4-6H,2-3H2,1H3. The zero-order valence-electron chi connectivity index (χ0n) is 8.70. The molecule has 0 radical (unpaired) electrons. The number of hydrogen-bond acceptors (Lipinski definition) is 3. The molecule has 0 aliphatic heterocycles. The van der Waals surface area contributed by atoms with E-state index in [1.54, 1.807) is 12.3 Å². The van der Waals surface area contributed by atoms with E-state index >= 15 is 0 Å². The van der Waals surface area contributed by atoms with Crippen LogP contribution in [0.4, 0.5) is 0 Å². The van der Waals surface area contributed by atoms with Crippen molar-refractivity contribution in [1.29, 1.82) is 0 Å². The lowest BCUT2D eigenvalue weighted by molar-refractivity contribution is 0.578. The molecule has 84 valence electrons. The average molecular weight is 302 g/mol. The number of rotatable bonds is 3. The second-order valence-corrected chi connectivity index (χ2v) is 4.58. The molecular formula is C11H10BrClN2O. The predicted octanol–water partition coefficient (Wildman–Crippen LogP) is 4.11. The lowest BCUT2D eigenvalue weighted by Crippen LogP contribution is -1.96. The van der Waals surface area contributed by atoms with Crippen molar-refractivity contribution in [3.8, 4) is 11.5 Å². The monoisotopic (exact) mass is 300 g/mol. The van der Waals surface area contributed by atoms with Gasteiger partial charge in [-0.1, -0.05) is 18.5 Å². The first-order valence-electron chi connectivity index (χ1n) is 4.97. The maximum absolute atomic E-state index is 5.95. The van der Waals surface area contributed by atoms with Crippen LogP contribution in [0.15, 0.2) is 27.3 Å². The van der Waals surface area contributed by atoms with Crippen LogP contribution in [0, 0.1) is 0 Å². The lowest BCUT2D eigenvalue weighted by Gasteiger charge is -2.02. The molecule has 0 aromatic carbocycles. The molecule has 2 rings (SSSR count). The number of furan rings is 1. The van der Waals surface area contributed by atoms with Crippen LogP contribution < -0.4 is 0 Å². The number of aromatic nitrogens is 2. The van der Waals surface area contributed by atoms with E-state index in [2.05, 4.69) is 32.8 Å². The molecule has 0 atom stereocenters. The van der Waals surface area contributed by atoms with Gasteiger partial charge in [-0.2, -0.15) is 0 Å². The molecule has 0 N–H and O–H groups in total. The van der Waals surface area contributed by atoms with Crippen LogP contribution in [-0.2, 0) is 6.42 Å². The molecule has 16 heavy (non-hydrogen) atoms. The van der Waals surface area contributed by atoms with Gasteiger partial charge in [-0.3, -0.25) is 0 Å². The lowest BCUT2D eigenvalue weighted by atomic mass is 10.3. The zero-order chi connectivity index (χ0) is 11.5. The van der Waals surface area contributed by atoms with Crippen LogP contribution >= 0.6 is 27.5 Å². The van der Waals surface area contributed by atoms with E-state index in [-0.39, 0.29) is 0 Å². The Bertz CT molecular complexity index is 498. The highest BCUT2D eigenvalue weighted by atomic mass is 79.9. The van der Waals surface area contributed by atoms with Crippen LogP contribution in [0.5, 0.6) is 0 Å². The molecule has 0 amide bonds. The van der Waals surface area contributed by atoms with Gasteiger partial charge in [0.1, 0.15) is 16.7 Å². The molecule has 0 fully saturated rings. The minimum absolute atomic E-state index is 0.441. The smallest absolute Gasteiger partial charge is 0.166 e. The van der Waals surface area contributed by atoms with Crippen molar-refractivity contribution >= 4 is 27.5 Å². The van der Waals surface area contributed by atoms with E-state index < -0.39 is 0 Å². The molecule has 0 saturated carbocycles. The fourth-order valence-electron chi connectivity index (χ4n) is 1.39. The molecule has 0 aliphatic rings. The normalized spacial score (nSPS) is 10.7. The Hall–Kier alpha value is -0.870. The Morgan fingerprint density at radius 2 is 2.25 bits per heavy atom. The second-order valence-electron chi connectivity index (χ2n) is 3.34. The summed E-state index contributed by atoms with van der Waals surface area (Å²) >= 11 is 9.34. The third-order valence-electron chi connectivity index (χ3n) is 2.06. The van der Waals surface area contributed by atoms with Gasteiger partial charge in [-0.25, -0.2) is 9.97 Å². The number of nitrogens with zero attached hydrogens (tertiary/aromatic N) is 2. The van der Waals surface area contributed by atoms with Crippen molar-refractivity contribution in [2.75, 3.05) is 0 Å². The van der Waals surface area contributed by atoms with Gasteiger partial charge < -0.3 is 4.42 Å². The van der Waals surface area contributed by atoms with Crippen molar-refractivity contribution in [3.63, 3.8) is 0 Å². The summed E-state index contributed by atoms with van der Waals surface area (Å²) in [4.78, 5) is 8.57. The van der Waals surface area contributed by atoms with Gasteiger partial charge in [0.25, 0.3) is 0 Å². The number of aryl methyl sites for hydroxylation is 1. The summed E-state index contributed by atoms with van der Waals surface area (Å²) in [5, 5.41) is 0.441. The fourth-order valence-corrected chi connectivity index (χ4v) is 2.00. The molecule has 2 aromatic heterocycles. The third kappa shape index (κ3) is 2.44. The number of hydrogen-bond donors (Lipinski definition) is 0. The van der Waals surface area contributed by atoms with Crippen molar-refractivity contribution < 1.29 is 4.42 Å². The van der Waals surface area contributed by atoms with Crippen LogP contribution in [0.2, 0.25) is 5.15 Å². The minimum Gasteiger partial charge on any atom is -0.461 e. The van der Waals surface area contributed by atoms with Gasteiger partial charge in [0.2, 0.25) is 0 Å². The summed E-state index contributed by atoms with van der Waals surface area (Å²) in [6.07, 6.45) is 3.40. The molecule has 0 bridgehead atoms. The van der Waals surface area contributed by atoms with E-state index in [1.807, 2.05) is 6.07 Å². The van der Waals surface area contributed by atoms with E-state index in [0.29, 0.717) is 16.6 Å². The van der Waals surface area contributed by atoms with Crippen molar-refractivity contribution in [2.45, 2.75) is 19.8 Å². The summed E-state index contributed by atoms with van der Waals surface area (Å²) in [5.74, 6) is 1.43. The van der Waals surface area contributed by atoms with Crippen LogP contribution in [0.25, 0.3) is 11.5 Å². The molecule has 5 heteroatoms. The predicted molar refractivity (Wildman–Crippen MR) is 66.4 cm³/mol. The van der Waals surface area contributed by atoms with Gasteiger partial charge in [0.15, 0.2) is 5.76 Å². The summed E-state index contributed by atoms with van der Waals surface area (Å²) in [6, 6.07) is 3.52. The summed E-state index contributed by atoms with van der Waals surface area (Å²) in [5.41, 5.74) is 0.709. The molecule has 2 aromatic rings. The first kappa shape index (κ1) is 11.6. The van der Waals surface area contributed by atoms with Gasteiger partial charge in [0, 0.05) is 12.5 Å². The highest BCUT2D eigenvalue weighted by Gasteiger charge is 2.11. The summed E-state index contributed by atoms with van der Waals surface area (Å²) in [7, 11) is 0. The Morgan fingerprint density at radius 3 is 2.88 bits per heavy atom. The minimum atomic E-state index is 0.441. The third-order valence-corrected chi connectivity index (χ3v) is 2.88.